The molecule has 2 aromatic rings. The number of hydrogen-bond donors (Lipinski definition) is 0. The lowest BCUT2D eigenvalue weighted by Crippen LogP contribution is -2.24. The highest BCUT2D eigenvalue weighted by molar-refractivity contribution is 6.17. The topological polar surface area (TPSA) is 96.9 Å². The molecular formula is C24H31N2O7+. The minimum atomic E-state index is -0.762. The molecule has 0 amide bonds. The Hall–Kier alpha value is -3.62. The van der Waals surface area contributed by atoms with E-state index >= 15 is 0 Å². The molecule has 0 atom stereocenters. The highest BCUT2D eigenvalue weighted by atomic mass is 16.6. The van der Waals surface area contributed by atoms with E-state index in [1.807, 2.05) is 34.9 Å². The third-order valence-corrected chi connectivity index (χ3v) is 4.43. The first-order valence-corrected chi connectivity index (χ1v) is 10.9. The van der Waals surface area contributed by atoms with Gasteiger partial charge in [0.25, 0.3) is 0 Å². The van der Waals surface area contributed by atoms with Gasteiger partial charge in [0, 0.05) is 12.0 Å². The fourth-order valence-electron chi connectivity index (χ4n) is 2.88. The van der Waals surface area contributed by atoms with Crippen LogP contribution in [0.2, 0.25) is 0 Å². The second kappa shape index (κ2) is 13.7. The summed E-state index contributed by atoms with van der Waals surface area (Å²) in [6.45, 7) is 4.73. The van der Waals surface area contributed by atoms with Crippen LogP contribution in [0.3, 0.4) is 0 Å². The molecule has 0 saturated heterocycles. The van der Waals surface area contributed by atoms with E-state index in [4.69, 9.17) is 18.9 Å². The quantitative estimate of drug-likeness (QED) is 0.0862. The van der Waals surface area contributed by atoms with Crippen molar-refractivity contribution in [2.45, 2.75) is 33.2 Å². The largest absolute Gasteiger partial charge is 0.493 e. The molecule has 1 heterocycles. The Morgan fingerprint density at radius 1 is 1.00 bits per heavy atom. The van der Waals surface area contributed by atoms with Crippen molar-refractivity contribution >= 4 is 24.0 Å². The molecule has 0 spiro atoms. The van der Waals surface area contributed by atoms with Gasteiger partial charge in [0.15, 0.2) is 0 Å². The van der Waals surface area contributed by atoms with Gasteiger partial charge in [-0.1, -0.05) is 18.2 Å². The summed E-state index contributed by atoms with van der Waals surface area (Å²) in [6, 6.07) is 6.96. The summed E-state index contributed by atoms with van der Waals surface area (Å²) in [7, 11) is 1.92. The number of carbonyl (C=O) groups is 3. The van der Waals surface area contributed by atoms with E-state index in [0.29, 0.717) is 30.9 Å². The van der Waals surface area contributed by atoms with Crippen molar-refractivity contribution in [3.63, 3.8) is 0 Å². The first-order chi connectivity index (χ1) is 15.9. The standard InChI is InChI=1S/C24H31N2O7/c1-4-30-23(28)20(24(29)31-5-2)17-19-9-6-7-10-21(19)32-15-8-11-22(27)33-16-14-26-13-12-25(3)18-26/h6-7,9-10,12-13,17-18H,4-5,8,11,14-16H2,1-3H3/q+1. The van der Waals surface area contributed by atoms with Crippen molar-refractivity contribution in [3.05, 3.63) is 54.1 Å². The lowest BCUT2D eigenvalue weighted by Gasteiger charge is -2.11. The van der Waals surface area contributed by atoms with Gasteiger partial charge in [0.05, 0.1) is 26.9 Å². The van der Waals surface area contributed by atoms with E-state index in [1.54, 1.807) is 38.1 Å². The highest BCUT2D eigenvalue weighted by Gasteiger charge is 2.21. The van der Waals surface area contributed by atoms with Crippen LogP contribution in [0, 0.1) is 0 Å². The van der Waals surface area contributed by atoms with E-state index in [2.05, 4.69) is 0 Å². The summed E-state index contributed by atoms with van der Waals surface area (Å²) < 4.78 is 24.8. The maximum atomic E-state index is 12.2. The Bertz CT molecular complexity index is 945. The second-order valence-corrected chi connectivity index (χ2v) is 7.03. The Morgan fingerprint density at radius 3 is 2.33 bits per heavy atom. The Kier molecular flexibility index (Phi) is 10.7. The molecule has 0 aliphatic rings. The molecule has 178 valence electrons. The van der Waals surface area contributed by atoms with Gasteiger partial charge in [-0.3, -0.25) is 4.79 Å². The van der Waals surface area contributed by atoms with Gasteiger partial charge in [-0.05, 0) is 32.4 Å². The maximum Gasteiger partial charge on any atom is 0.345 e. The summed E-state index contributed by atoms with van der Waals surface area (Å²) in [5.74, 6) is -1.35. The lowest BCUT2D eigenvalue weighted by molar-refractivity contribution is -0.671. The summed E-state index contributed by atoms with van der Waals surface area (Å²) >= 11 is 0. The molecule has 0 unspecified atom stereocenters. The van der Waals surface area contributed by atoms with Gasteiger partial charge in [0.1, 0.15) is 36.9 Å². The van der Waals surface area contributed by atoms with Gasteiger partial charge < -0.3 is 18.9 Å². The number of aromatic nitrogens is 2. The molecule has 0 saturated carbocycles. The third-order valence-electron chi connectivity index (χ3n) is 4.43. The van der Waals surface area contributed by atoms with Crippen molar-refractivity contribution in [2.24, 2.45) is 7.05 Å². The number of nitrogens with zero attached hydrogens (tertiary/aromatic N) is 2. The van der Waals surface area contributed by atoms with E-state index in [0.717, 1.165) is 0 Å². The predicted octanol–water partition coefficient (Wildman–Crippen LogP) is 2.22. The fraction of sp³-hybridized carbons (Fsp3) is 0.417. The van der Waals surface area contributed by atoms with Gasteiger partial charge in [-0.2, -0.15) is 0 Å². The van der Waals surface area contributed by atoms with Gasteiger partial charge in [-0.15, -0.1) is 0 Å². The first kappa shape index (κ1) is 25.6. The third kappa shape index (κ3) is 8.80. The number of hydrogen-bond acceptors (Lipinski definition) is 7. The zero-order valence-electron chi connectivity index (χ0n) is 19.3. The molecule has 0 bridgehead atoms. The molecule has 0 aliphatic heterocycles. The van der Waals surface area contributed by atoms with Crippen LogP contribution < -0.4 is 9.30 Å². The fourth-order valence-corrected chi connectivity index (χ4v) is 2.88. The minimum absolute atomic E-state index is 0.133. The lowest BCUT2D eigenvalue weighted by atomic mass is 10.1. The van der Waals surface area contributed by atoms with Crippen LogP contribution in [-0.2, 0) is 42.2 Å². The predicted molar refractivity (Wildman–Crippen MR) is 119 cm³/mol. The van der Waals surface area contributed by atoms with Crippen LogP contribution in [0.25, 0.3) is 6.08 Å². The molecule has 0 aliphatic carbocycles. The zero-order chi connectivity index (χ0) is 24.1. The van der Waals surface area contributed by atoms with Gasteiger partial charge in [0.2, 0.25) is 6.33 Å². The monoisotopic (exact) mass is 459 g/mol. The number of para-hydroxylation sites is 1. The summed E-state index contributed by atoms with van der Waals surface area (Å²) in [4.78, 5) is 36.3. The number of aryl methyl sites for hydroxylation is 1. The van der Waals surface area contributed by atoms with E-state index in [1.165, 1.54) is 6.08 Å². The Balaban J connectivity index is 1.88. The maximum absolute atomic E-state index is 12.2. The number of ether oxygens (including phenoxy) is 4. The Morgan fingerprint density at radius 2 is 1.70 bits per heavy atom. The number of imidazole rings is 1. The van der Waals surface area contributed by atoms with Crippen molar-refractivity contribution in [1.29, 1.82) is 0 Å². The van der Waals surface area contributed by atoms with Crippen molar-refractivity contribution in [2.75, 3.05) is 26.4 Å². The van der Waals surface area contributed by atoms with Crippen molar-refractivity contribution in [1.82, 2.24) is 4.57 Å². The molecule has 1 aromatic heterocycles. The number of benzene rings is 1. The van der Waals surface area contributed by atoms with Crippen LogP contribution in [0.5, 0.6) is 5.75 Å². The summed E-state index contributed by atoms with van der Waals surface area (Å²) in [5, 5.41) is 0. The molecule has 0 N–H and O–H groups in total. The first-order valence-electron chi connectivity index (χ1n) is 10.9. The van der Waals surface area contributed by atoms with Crippen LogP contribution >= 0.6 is 0 Å². The average Bonchev–Trinajstić information content (AvgIpc) is 3.21. The van der Waals surface area contributed by atoms with Crippen molar-refractivity contribution < 1.29 is 37.9 Å². The molecular weight excluding hydrogens is 428 g/mol. The summed E-state index contributed by atoms with van der Waals surface area (Å²) in [5.41, 5.74) is 0.311. The number of carbonyl (C=O) groups excluding carboxylic acids is 3. The summed E-state index contributed by atoms with van der Waals surface area (Å²) in [6.07, 6.45) is 7.79. The van der Waals surface area contributed by atoms with Crippen molar-refractivity contribution in [3.8, 4) is 5.75 Å². The smallest absolute Gasteiger partial charge is 0.345 e. The van der Waals surface area contributed by atoms with Crippen LogP contribution in [0.15, 0.2) is 48.6 Å². The number of rotatable bonds is 13. The molecule has 0 fully saturated rings. The van der Waals surface area contributed by atoms with Crippen LogP contribution in [0.4, 0.5) is 0 Å². The highest BCUT2D eigenvalue weighted by Crippen LogP contribution is 2.22. The van der Waals surface area contributed by atoms with Crippen LogP contribution in [0.1, 0.15) is 32.3 Å². The average molecular weight is 460 g/mol. The molecule has 0 radical (unpaired) electrons. The van der Waals surface area contributed by atoms with E-state index < -0.39 is 11.9 Å². The van der Waals surface area contributed by atoms with E-state index in [9.17, 15) is 14.4 Å². The molecule has 9 heteroatoms. The molecule has 1 aromatic carbocycles. The molecule has 2 rings (SSSR count). The second-order valence-electron chi connectivity index (χ2n) is 7.03. The molecule has 33 heavy (non-hydrogen) atoms. The minimum Gasteiger partial charge on any atom is -0.493 e. The van der Waals surface area contributed by atoms with E-state index in [-0.39, 0.29) is 37.8 Å². The SMILES string of the molecule is CCOC(=O)C(=Cc1ccccc1OCCCC(=O)OCCn1cc[n+](C)c1)C(=O)OCC. The van der Waals surface area contributed by atoms with Crippen LogP contribution in [-0.4, -0.2) is 48.9 Å². The van der Waals surface area contributed by atoms with Gasteiger partial charge >= 0.3 is 17.9 Å². The zero-order valence-corrected chi connectivity index (χ0v) is 19.3. The number of esters is 3. The Labute approximate surface area is 193 Å². The van der Waals surface area contributed by atoms with Gasteiger partial charge in [-0.25, -0.2) is 18.7 Å². The molecule has 9 nitrogen and oxygen atoms in total. The normalized spacial score (nSPS) is 10.3.